The maximum atomic E-state index is 12.0. The quantitative estimate of drug-likeness (QED) is 0.729. The van der Waals surface area contributed by atoms with Crippen LogP contribution in [0.15, 0.2) is 48.5 Å². The zero-order valence-electron chi connectivity index (χ0n) is 12.9. The number of para-hydroxylation sites is 2. The number of halogens is 1. The lowest BCUT2D eigenvalue weighted by atomic mass is 10.1. The van der Waals surface area contributed by atoms with Gasteiger partial charge in [-0.3, -0.25) is 25.2 Å². The molecule has 0 aromatic heterocycles. The van der Waals surface area contributed by atoms with Crippen molar-refractivity contribution in [2.75, 3.05) is 5.32 Å². The third kappa shape index (κ3) is 4.07. The highest BCUT2D eigenvalue weighted by Gasteiger charge is 2.29. The number of carbonyl (C=O) groups excluding carboxylic acids is 3. The van der Waals surface area contributed by atoms with Crippen LogP contribution < -0.4 is 20.9 Å². The molecule has 3 N–H and O–H groups in total. The predicted molar refractivity (Wildman–Crippen MR) is 91.2 cm³/mol. The number of nitrogens with one attached hydrogen (secondary N) is 3. The molecule has 0 saturated heterocycles. The van der Waals surface area contributed by atoms with Gasteiger partial charge in [0, 0.05) is 10.6 Å². The van der Waals surface area contributed by atoms with Gasteiger partial charge in [0.2, 0.25) is 5.91 Å². The first-order chi connectivity index (χ1) is 12.0. The number of fused-ring (bicyclic) bond motifs is 1. The van der Waals surface area contributed by atoms with Crippen LogP contribution in [0.25, 0.3) is 0 Å². The summed E-state index contributed by atoms with van der Waals surface area (Å²) in [4.78, 5) is 35.8. The first-order valence-corrected chi connectivity index (χ1v) is 7.82. The first-order valence-electron chi connectivity index (χ1n) is 7.44. The van der Waals surface area contributed by atoms with E-state index in [1.54, 1.807) is 36.4 Å². The van der Waals surface area contributed by atoms with Crippen LogP contribution in [-0.4, -0.2) is 23.8 Å². The van der Waals surface area contributed by atoms with E-state index in [0.29, 0.717) is 22.0 Å². The van der Waals surface area contributed by atoms with E-state index in [4.69, 9.17) is 16.3 Å². The normalized spacial score (nSPS) is 15.4. The lowest BCUT2D eigenvalue weighted by molar-refractivity contribution is -0.130. The van der Waals surface area contributed by atoms with E-state index >= 15 is 0 Å². The Labute approximate surface area is 148 Å². The molecule has 0 fully saturated rings. The molecule has 128 valence electrons. The van der Waals surface area contributed by atoms with Crippen LogP contribution in [0.2, 0.25) is 5.02 Å². The van der Waals surface area contributed by atoms with Gasteiger partial charge in [-0.25, -0.2) is 0 Å². The summed E-state index contributed by atoms with van der Waals surface area (Å²) in [5.74, 6) is -0.978. The van der Waals surface area contributed by atoms with Crippen molar-refractivity contribution in [1.82, 2.24) is 10.9 Å². The maximum absolute atomic E-state index is 12.0. The van der Waals surface area contributed by atoms with Crippen molar-refractivity contribution in [2.45, 2.75) is 12.5 Å². The molecule has 1 aliphatic rings. The molecular formula is C17H14ClN3O4. The molecule has 3 amide bonds. The Kier molecular flexibility index (Phi) is 4.85. The third-order valence-electron chi connectivity index (χ3n) is 3.50. The fraction of sp³-hybridized carbons (Fsp3) is 0.118. The van der Waals surface area contributed by atoms with Crippen LogP contribution in [0.1, 0.15) is 16.8 Å². The van der Waals surface area contributed by atoms with Gasteiger partial charge in [0.15, 0.2) is 6.10 Å². The first kappa shape index (κ1) is 16.8. The summed E-state index contributed by atoms with van der Waals surface area (Å²) in [5, 5.41) is 3.17. The van der Waals surface area contributed by atoms with Crippen molar-refractivity contribution < 1.29 is 19.1 Å². The highest BCUT2D eigenvalue weighted by atomic mass is 35.5. The Morgan fingerprint density at radius 2 is 1.80 bits per heavy atom. The summed E-state index contributed by atoms with van der Waals surface area (Å²) >= 11 is 5.75. The van der Waals surface area contributed by atoms with Crippen LogP contribution in [0.3, 0.4) is 0 Å². The topological polar surface area (TPSA) is 96.5 Å². The van der Waals surface area contributed by atoms with E-state index < -0.39 is 23.8 Å². The zero-order valence-corrected chi connectivity index (χ0v) is 13.7. The van der Waals surface area contributed by atoms with Gasteiger partial charge in [-0.2, -0.15) is 0 Å². The fourth-order valence-corrected chi connectivity index (χ4v) is 2.37. The zero-order chi connectivity index (χ0) is 17.8. The van der Waals surface area contributed by atoms with Crippen molar-refractivity contribution in [3.63, 3.8) is 0 Å². The smallest absolute Gasteiger partial charge is 0.269 e. The summed E-state index contributed by atoms with van der Waals surface area (Å²) in [6, 6.07) is 13.1. The lowest BCUT2D eigenvalue weighted by Crippen LogP contribution is -2.46. The summed E-state index contributed by atoms with van der Waals surface area (Å²) in [5.41, 5.74) is 5.42. The second-order valence-electron chi connectivity index (χ2n) is 5.31. The molecule has 0 radical (unpaired) electrons. The number of hydrogen-bond donors (Lipinski definition) is 3. The number of anilines is 1. The molecule has 0 unspecified atom stereocenters. The predicted octanol–water partition coefficient (Wildman–Crippen LogP) is 1.89. The Bertz CT molecular complexity index is 823. The number of hydrazine groups is 1. The van der Waals surface area contributed by atoms with Gasteiger partial charge >= 0.3 is 0 Å². The second-order valence-corrected chi connectivity index (χ2v) is 5.74. The van der Waals surface area contributed by atoms with Crippen molar-refractivity contribution >= 4 is 35.0 Å². The van der Waals surface area contributed by atoms with Gasteiger partial charge in [-0.05, 0) is 36.4 Å². The average Bonchev–Trinajstić information content (AvgIpc) is 2.61. The molecule has 0 spiro atoms. The molecule has 0 saturated carbocycles. The molecule has 2 aromatic rings. The van der Waals surface area contributed by atoms with Crippen LogP contribution in [0, 0.1) is 0 Å². The Balaban J connectivity index is 1.53. The average molecular weight is 360 g/mol. The molecule has 1 aliphatic heterocycles. The van der Waals surface area contributed by atoms with E-state index in [9.17, 15) is 14.4 Å². The molecule has 2 aromatic carbocycles. The van der Waals surface area contributed by atoms with Gasteiger partial charge in [0.25, 0.3) is 11.8 Å². The molecule has 1 atom stereocenters. The van der Waals surface area contributed by atoms with E-state index in [0.717, 1.165) is 0 Å². The van der Waals surface area contributed by atoms with Crippen molar-refractivity contribution in [2.24, 2.45) is 0 Å². The molecule has 3 rings (SSSR count). The molecule has 0 aliphatic carbocycles. The number of hydrogen-bond acceptors (Lipinski definition) is 4. The minimum absolute atomic E-state index is 0.235. The molecule has 0 bridgehead atoms. The van der Waals surface area contributed by atoms with E-state index in [2.05, 4.69) is 16.2 Å². The summed E-state index contributed by atoms with van der Waals surface area (Å²) in [6.45, 7) is 0. The van der Waals surface area contributed by atoms with Gasteiger partial charge in [0.05, 0.1) is 12.1 Å². The minimum atomic E-state index is -0.970. The van der Waals surface area contributed by atoms with Crippen LogP contribution in [0.4, 0.5) is 5.69 Å². The second kappa shape index (κ2) is 7.23. The highest BCUT2D eigenvalue weighted by molar-refractivity contribution is 6.30. The van der Waals surface area contributed by atoms with Crippen molar-refractivity contribution in [3.8, 4) is 5.75 Å². The van der Waals surface area contributed by atoms with E-state index in [-0.39, 0.29) is 6.42 Å². The van der Waals surface area contributed by atoms with Crippen LogP contribution >= 0.6 is 11.6 Å². The van der Waals surface area contributed by atoms with Crippen LogP contribution in [0.5, 0.6) is 5.75 Å². The summed E-state index contributed by atoms with van der Waals surface area (Å²) < 4.78 is 5.52. The monoisotopic (exact) mass is 359 g/mol. The third-order valence-corrected chi connectivity index (χ3v) is 3.75. The van der Waals surface area contributed by atoms with Crippen molar-refractivity contribution in [3.05, 3.63) is 59.1 Å². The summed E-state index contributed by atoms with van der Waals surface area (Å²) in [7, 11) is 0. The molecule has 8 heteroatoms. The molecular weight excluding hydrogens is 346 g/mol. The number of amides is 3. The number of carbonyl (C=O) groups is 3. The molecule has 25 heavy (non-hydrogen) atoms. The van der Waals surface area contributed by atoms with Crippen molar-refractivity contribution in [1.29, 1.82) is 0 Å². The van der Waals surface area contributed by atoms with Gasteiger partial charge in [0.1, 0.15) is 5.75 Å². The van der Waals surface area contributed by atoms with E-state index in [1.807, 2.05) is 0 Å². The Morgan fingerprint density at radius 1 is 1.08 bits per heavy atom. The van der Waals surface area contributed by atoms with Gasteiger partial charge in [-0.15, -0.1) is 0 Å². The fourth-order valence-electron chi connectivity index (χ4n) is 2.25. The minimum Gasteiger partial charge on any atom is -0.478 e. The van der Waals surface area contributed by atoms with E-state index in [1.165, 1.54) is 12.1 Å². The highest BCUT2D eigenvalue weighted by Crippen LogP contribution is 2.29. The molecule has 1 heterocycles. The Hall–Kier alpha value is -3.06. The number of ether oxygens (including phenoxy) is 1. The van der Waals surface area contributed by atoms with Gasteiger partial charge in [-0.1, -0.05) is 23.7 Å². The number of rotatable bonds is 3. The number of benzene rings is 2. The standard InChI is InChI=1S/C17H14ClN3O4/c18-11-7-5-10(6-8-11)16(23)21-20-15(22)9-14-17(24)19-12-3-1-2-4-13(12)25-14/h1-8,14H,9H2,(H,19,24)(H,20,22)(H,21,23)/t14-/m0/s1. The largest absolute Gasteiger partial charge is 0.478 e. The lowest BCUT2D eigenvalue weighted by Gasteiger charge is -2.25. The van der Waals surface area contributed by atoms with Crippen LogP contribution in [-0.2, 0) is 9.59 Å². The maximum Gasteiger partial charge on any atom is 0.269 e. The summed E-state index contributed by atoms with van der Waals surface area (Å²) in [6.07, 6.45) is -1.21. The molecule has 7 nitrogen and oxygen atoms in total. The van der Waals surface area contributed by atoms with Gasteiger partial charge < -0.3 is 10.1 Å². The SMILES string of the molecule is O=C(C[C@@H]1Oc2ccccc2NC1=O)NNC(=O)c1ccc(Cl)cc1. The Morgan fingerprint density at radius 3 is 2.56 bits per heavy atom.